The molecule has 1 unspecified atom stereocenters. The first-order valence-electron chi connectivity index (χ1n) is 10.4. The van der Waals surface area contributed by atoms with Crippen molar-refractivity contribution in [3.63, 3.8) is 0 Å². The van der Waals surface area contributed by atoms with Crippen molar-refractivity contribution < 1.29 is 49.4 Å². The van der Waals surface area contributed by atoms with Crippen LogP contribution in [0.2, 0.25) is 0 Å². The number of unbranched alkanes of at least 4 members (excludes halogenated alkanes) is 13. The summed E-state index contributed by atoms with van der Waals surface area (Å²) >= 11 is 0. The number of nitrogens with two attached hydrogens (primary N) is 1. The monoisotopic (exact) mass is 395 g/mol. The summed E-state index contributed by atoms with van der Waals surface area (Å²) in [5.41, 5.74) is 5.00. The van der Waals surface area contributed by atoms with Crippen molar-refractivity contribution in [2.24, 2.45) is 5.73 Å². The Hall–Kier alpha value is -0.100. The average Bonchev–Trinajstić information content (AvgIpc) is 2.61. The summed E-state index contributed by atoms with van der Waals surface area (Å²) in [5, 5.41) is 16.3. The molecule has 6 heteroatoms. The normalized spacial score (nSPS) is 11.1. The van der Waals surface area contributed by atoms with E-state index in [-0.39, 0.29) is 42.4 Å². The molecule has 0 aromatic heterocycles. The molecule has 0 amide bonds. The Kier molecular flexibility index (Phi) is 30.3. The zero-order valence-corrected chi connectivity index (χ0v) is 19.9. The van der Waals surface area contributed by atoms with Crippen LogP contribution in [0.15, 0.2) is 0 Å². The second-order valence-corrected chi connectivity index (χ2v) is 6.97. The largest absolute Gasteiger partial charge is 1.00 e. The van der Waals surface area contributed by atoms with Gasteiger partial charge in [-0.25, -0.2) is 0 Å². The van der Waals surface area contributed by atoms with E-state index in [9.17, 15) is 9.59 Å². The van der Waals surface area contributed by atoms with Crippen LogP contribution in [-0.4, -0.2) is 28.2 Å². The second-order valence-electron chi connectivity index (χ2n) is 6.97. The smallest absolute Gasteiger partial charge is 0.481 e. The molecule has 0 heterocycles. The Morgan fingerprint density at radius 3 is 1.48 bits per heavy atom. The van der Waals surface area contributed by atoms with E-state index < -0.39 is 18.0 Å². The molecule has 0 spiro atoms. The van der Waals surface area contributed by atoms with E-state index in [0.717, 1.165) is 6.42 Å². The van der Waals surface area contributed by atoms with Crippen LogP contribution in [0.3, 0.4) is 0 Å². The summed E-state index contributed by atoms with van der Waals surface area (Å²) in [6.45, 7) is 6.16. The summed E-state index contributed by atoms with van der Waals surface area (Å²) in [6.07, 6.45) is 19.6. The van der Waals surface area contributed by atoms with E-state index >= 15 is 0 Å². The first-order chi connectivity index (χ1) is 12.5. The van der Waals surface area contributed by atoms with E-state index in [1.165, 1.54) is 83.5 Å². The number of carbonyl (C=O) groups is 2. The third-order valence-electron chi connectivity index (χ3n) is 4.34. The molecule has 156 valence electrons. The molecule has 0 bridgehead atoms. The Balaban J connectivity index is -0.000000454. The Bertz CT molecular complexity index is 313. The minimum absolute atomic E-state index is 0. The zero-order valence-electron chi connectivity index (χ0n) is 17.9. The molecule has 0 saturated carbocycles. The van der Waals surface area contributed by atoms with Crippen LogP contribution in [0.25, 0.3) is 0 Å². The van der Waals surface area contributed by atoms with Crippen LogP contribution in [-0.2, 0) is 9.59 Å². The maximum atomic E-state index is 9.99. The molecule has 27 heavy (non-hydrogen) atoms. The summed E-state index contributed by atoms with van der Waals surface area (Å²) < 4.78 is 0. The first kappa shape index (κ1) is 31.6. The van der Waals surface area contributed by atoms with E-state index in [4.69, 9.17) is 15.9 Å². The molecule has 4 N–H and O–H groups in total. The van der Waals surface area contributed by atoms with Gasteiger partial charge in [-0.15, -0.1) is 0 Å². The van der Waals surface area contributed by atoms with Crippen molar-refractivity contribution >= 4 is 11.9 Å². The molecule has 5 nitrogen and oxygen atoms in total. The van der Waals surface area contributed by atoms with Gasteiger partial charge in [-0.3, -0.25) is 9.59 Å². The number of carboxylic acid groups (broad SMARTS) is 2. The molecule has 0 rings (SSSR count). The number of rotatable bonds is 17. The van der Waals surface area contributed by atoms with Crippen LogP contribution in [0, 0.1) is 6.92 Å². The Morgan fingerprint density at radius 2 is 1.19 bits per heavy atom. The molecule has 0 fully saturated rings. The van der Waals surface area contributed by atoms with Crippen LogP contribution >= 0.6 is 0 Å². The zero-order chi connectivity index (χ0) is 20.0. The van der Waals surface area contributed by atoms with Crippen LogP contribution in [0.1, 0.15) is 110 Å². The topological polar surface area (TPSA) is 101 Å². The predicted molar refractivity (Wildman–Crippen MR) is 108 cm³/mol. The molecule has 0 aliphatic carbocycles. The third kappa shape index (κ3) is 30.8. The quantitative estimate of drug-likeness (QED) is 0.200. The van der Waals surface area contributed by atoms with Gasteiger partial charge in [0.2, 0.25) is 0 Å². The van der Waals surface area contributed by atoms with Gasteiger partial charge in [-0.2, -0.15) is 6.42 Å². The summed E-state index contributed by atoms with van der Waals surface area (Å²) in [5.74, 6) is -2.20. The van der Waals surface area contributed by atoms with E-state index in [0.29, 0.717) is 0 Å². The van der Waals surface area contributed by atoms with Crippen LogP contribution < -0.4 is 35.3 Å². The molecule has 0 saturated heterocycles. The summed E-state index contributed by atoms with van der Waals surface area (Å²) in [6, 6.07) is -1.06. The van der Waals surface area contributed by atoms with Crippen molar-refractivity contribution in [3.8, 4) is 0 Å². The molecule has 1 atom stereocenters. The van der Waals surface area contributed by atoms with E-state index in [1.54, 1.807) is 0 Å². The van der Waals surface area contributed by atoms with Gasteiger partial charge in [0.1, 0.15) is 6.04 Å². The molecule has 0 aromatic rings. The van der Waals surface area contributed by atoms with Crippen LogP contribution in [0.5, 0.6) is 0 Å². The third-order valence-corrected chi connectivity index (χ3v) is 4.34. The van der Waals surface area contributed by atoms with E-state index in [1.807, 2.05) is 0 Å². The second kappa shape index (κ2) is 25.9. The maximum absolute atomic E-state index is 9.99. The minimum Gasteiger partial charge on any atom is -0.481 e. The minimum atomic E-state index is -1.17. The van der Waals surface area contributed by atoms with Crippen molar-refractivity contribution in [3.05, 3.63) is 6.92 Å². The molecular formula is C21H42NNaO4. The van der Waals surface area contributed by atoms with Crippen molar-refractivity contribution in [1.82, 2.24) is 0 Å². The van der Waals surface area contributed by atoms with Gasteiger partial charge >= 0.3 is 41.5 Å². The summed E-state index contributed by atoms with van der Waals surface area (Å²) in [4.78, 5) is 19.9. The van der Waals surface area contributed by atoms with Gasteiger partial charge in [-0.1, -0.05) is 90.4 Å². The van der Waals surface area contributed by atoms with E-state index in [2.05, 4.69) is 13.8 Å². The predicted octanol–water partition coefficient (Wildman–Crippen LogP) is 2.57. The van der Waals surface area contributed by atoms with Crippen molar-refractivity contribution in [1.29, 1.82) is 0 Å². The van der Waals surface area contributed by atoms with Gasteiger partial charge in [0.15, 0.2) is 0 Å². The Morgan fingerprint density at radius 1 is 0.815 bits per heavy atom. The molecule has 0 aliphatic rings. The SMILES string of the molecule is NC(CCC(=O)O)C(=O)O.[CH2-]CCCCCCCCCCCCCCC.[Na+]. The number of aliphatic carboxylic acids is 2. The fourth-order valence-electron chi connectivity index (χ4n) is 2.60. The standard InChI is InChI=1S/C16H33.C5H9NO4.Na/c1-3-5-7-9-11-13-15-16-14-12-10-8-6-4-2;6-3(5(9)10)1-2-4(7)8;/h1,3-16H2,2H3;3H,1-2,6H2,(H,7,8)(H,9,10);/q-1;;+1. The molecular weight excluding hydrogens is 353 g/mol. The first-order valence-corrected chi connectivity index (χ1v) is 10.4. The maximum Gasteiger partial charge on any atom is 1.00 e. The van der Waals surface area contributed by atoms with Crippen LogP contribution in [0.4, 0.5) is 0 Å². The van der Waals surface area contributed by atoms with Gasteiger partial charge in [-0.05, 0) is 6.42 Å². The number of carboxylic acids is 2. The van der Waals surface area contributed by atoms with Gasteiger partial charge in [0.05, 0.1) is 0 Å². The average molecular weight is 396 g/mol. The van der Waals surface area contributed by atoms with Gasteiger partial charge in [0, 0.05) is 6.42 Å². The number of hydrogen-bond donors (Lipinski definition) is 3. The van der Waals surface area contributed by atoms with Crippen molar-refractivity contribution in [2.45, 2.75) is 116 Å². The van der Waals surface area contributed by atoms with Gasteiger partial charge in [0.25, 0.3) is 0 Å². The fourth-order valence-corrected chi connectivity index (χ4v) is 2.60. The molecule has 0 aromatic carbocycles. The fraction of sp³-hybridized carbons (Fsp3) is 0.857. The van der Waals surface area contributed by atoms with Crippen molar-refractivity contribution in [2.75, 3.05) is 0 Å². The molecule has 0 aliphatic heterocycles. The number of hydrogen-bond acceptors (Lipinski definition) is 3. The Labute approximate surface area is 189 Å². The summed E-state index contributed by atoms with van der Waals surface area (Å²) in [7, 11) is 0. The van der Waals surface area contributed by atoms with Gasteiger partial charge < -0.3 is 22.9 Å². The molecule has 0 radical (unpaired) electrons.